The Bertz CT molecular complexity index is 528. The monoisotopic (exact) mass is 235 g/mol. The first-order valence-corrected chi connectivity index (χ1v) is 5.75. The van der Waals surface area contributed by atoms with Gasteiger partial charge in [-0.2, -0.15) is 0 Å². The topological polar surface area (TPSA) is 22.0 Å². The van der Waals surface area contributed by atoms with Crippen LogP contribution in [0.4, 0.5) is 0 Å². The van der Waals surface area contributed by atoms with Crippen LogP contribution < -0.4 is 0 Å². The molecule has 0 unspecified atom stereocenters. The molecule has 0 saturated carbocycles. The molecule has 84 valence electrons. The Morgan fingerprint density at radius 1 is 1.38 bits per heavy atom. The van der Waals surface area contributed by atoms with Crippen LogP contribution in [0, 0.1) is 5.92 Å². The van der Waals surface area contributed by atoms with E-state index in [1.807, 2.05) is 28.8 Å². The maximum absolute atomic E-state index is 11.1. The molecule has 1 heterocycles. The van der Waals surface area contributed by atoms with Crippen LogP contribution in [-0.2, 0) is 6.54 Å². The first kappa shape index (κ1) is 11.2. The molecule has 16 heavy (non-hydrogen) atoms. The summed E-state index contributed by atoms with van der Waals surface area (Å²) in [6.45, 7) is 5.05. The average Bonchev–Trinajstić information content (AvgIpc) is 2.52. The van der Waals surface area contributed by atoms with E-state index in [2.05, 4.69) is 13.8 Å². The highest BCUT2D eigenvalue weighted by molar-refractivity contribution is 6.38. The highest BCUT2D eigenvalue weighted by Crippen LogP contribution is 2.30. The van der Waals surface area contributed by atoms with Crippen LogP contribution in [-0.4, -0.2) is 10.9 Å². The van der Waals surface area contributed by atoms with Gasteiger partial charge in [0.2, 0.25) is 0 Å². The minimum atomic E-state index is 0.477. The van der Waals surface area contributed by atoms with Crippen molar-refractivity contribution in [1.29, 1.82) is 0 Å². The number of carbonyl (C=O) groups excluding carboxylic acids is 1. The largest absolute Gasteiger partial charge is 0.337 e. The van der Waals surface area contributed by atoms with Gasteiger partial charge in [0.1, 0.15) is 5.69 Å². The molecule has 0 aliphatic heterocycles. The van der Waals surface area contributed by atoms with Crippen molar-refractivity contribution >= 4 is 28.8 Å². The first-order chi connectivity index (χ1) is 7.65. The zero-order valence-electron chi connectivity index (χ0n) is 9.40. The fourth-order valence-corrected chi connectivity index (χ4v) is 2.26. The molecule has 2 aromatic rings. The van der Waals surface area contributed by atoms with E-state index in [1.165, 1.54) is 0 Å². The van der Waals surface area contributed by atoms with E-state index >= 15 is 0 Å². The molecule has 0 amide bonds. The molecule has 0 atom stereocenters. The number of hydrogen-bond acceptors (Lipinski definition) is 1. The minimum Gasteiger partial charge on any atom is -0.337 e. The van der Waals surface area contributed by atoms with E-state index in [-0.39, 0.29) is 0 Å². The normalized spacial score (nSPS) is 11.2. The number of carbonyl (C=O) groups is 1. The Morgan fingerprint density at radius 3 is 2.69 bits per heavy atom. The van der Waals surface area contributed by atoms with Crippen LogP contribution in [0.25, 0.3) is 10.9 Å². The lowest BCUT2D eigenvalue weighted by Crippen LogP contribution is -2.07. The van der Waals surface area contributed by atoms with Crippen molar-refractivity contribution in [3.63, 3.8) is 0 Å². The van der Waals surface area contributed by atoms with Gasteiger partial charge in [-0.1, -0.05) is 43.6 Å². The number of rotatable bonds is 3. The number of halogens is 1. The van der Waals surface area contributed by atoms with Gasteiger partial charge < -0.3 is 4.57 Å². The van der Waals surface area contributed by atoms with Crippen molar-refractivity contribution in [3.05, 3.63) is 35.0 Å². The molecule has 0 aliphatic rings. The molecule has 2 rings (SSSR count). The lowest BCUT2D eigenvalue weighted by Gasteiger charge is -2.10. The standard InChI is InChI=1S/C13H14ClNO/c1-9(2)7-15-11-6-4-3-5-10(11)13(14)12(15)8-16/h3-6,8-9H,7H2,1-2H3. The molecule has 0 bridgehead atoms. The summed E-state index contributed by atoms with van der Waals surface area (Å²) < 4.78 is 2.00. The molecule has 0 saturated heterocycles. The van der Waals surface area contributed by atoms with E-state index in [1.54, 1.807) is 0 Å². The van der Waals surface area contributed by atoms with Crippen LogP contribution in [0.5, 0.6) is 0 Å². The van der Waals surface area contributed by atoms with E-state index in [0.717, 1.165) is 23.7 Å². The van der Waals surface area contributed by atoms with Gasteiger partial charge in [0.25, 0.3) is 0 Å². The summed E-state index contributed by atoms with van der Waals surface area (Å²) in [6.07, 6.45) is 0.838. The second-order valence-corrected chi connectivity index (χ2v) is 4.72. The van der Waals surface area contributed by atoms with Crippen molar-refractivity contribution in [2.75, 3.05) is 0 Å². The molecular formula is C13H14ClNO. The van der Waals surface area contributed by atoms with Crippen molar-refractivity contribution in [2.45, 2.75) is 20.4 Å². The highest BCUT2D eigenvalue weighted by atomic mass is 35.5. The number of benzene rings is 1. The third kappa shape index (κ3) is 1.74. The van der Waals surface area contributed by atoms with Gasteiger partial charge in [0, 0.05) is 11.9 Å². The van der Waals surface area contributed by atoms with Gasteiger partial charge in [-0.25, -0.2) is 0 Å². The number of aldehydes is 1. The summed E-state index contributed by atoms with van der Waals surface area (Å²) in [5.41, 5.74) is 1.61. The summed E-state index contributed by atoms with van der Waals surface area (Å²) >= 11 is 6.19. The van der Waals surface area contributed by atoms with Gasteiger partial charge in [-0.05, 0) is 12.0 Å². The van der Waals surface area contributed by atoms with E-state index in [4.69, 9.17) is 11.6 Å². The fourth-order valence-electron chi connectivity index (χ4n) is 1.96. The van der Waals surface area contributed by atoms with Crippen molar-refractivity contribution < 1.29 is 4.79 Å². The first-order valence-electron chi connectivity index (χ1n) is 5.37. The molecular weight excluding hydrogens is 222 g/mol. The van der Waals surface area contributed by atoms with Crippen molar-refractivity contribution in [3.8, 4) is 0 Å². The van der Waals surface area contributed by atoms with Gasteiger partial charge in [0.05, 0.1) is 10.5 Å². The summed E-state index contributed by atoms with van der Waals surface area (Å²) in [4.78, 5) is 11.1. The SMILES string of the molecule is CC(C)Cn1c(C=O)c(Cl)c2ccccc21. The van der Waals surface area contributed by atoms with Crippen LogP contribution >= 0.6 is 11.6 Å². The van der Waals surface area contributed by atoms with Crippen LogP contribution in [0.1, 0.15) is 24.3 Å². The number of para-hydroxylation sites is 1. The second-order valence-electron chi connectivity index (χ2n) is 4.34. The summed E-state index contributed by atoms with van der Waals surface area (Å²) in [5.74, 6) is 0.477. The van der Waals surface area contributed by atoms with Gasteiger partial charge in [-0.15, -0.1) is 0 Å². The minimum absolute atomic E-state index is 0.477. The Labute approximate surface area is 99.8 Å². The van der Waals surface area contributed by atoms with Gasteiger partial charge >= 0.3 is 0 Å². The average molecular weight is 236 g/mol. The van der Waals surface area contributed by atoms with Crippen molar-refractivity contribution in [1.82, 2.24) is 4.57 Å². The predicted octanol–water partition coefficient (Wildman–Crippen LogP) is 3.76. The number of hydrogen-bond donors (Lipinski definition) is 0. The van der Waals surface area contributed by atoms with E-state index in [0.29, 0.717) is 16.6 Å². The molecule has 0 N–H and O–H groups in total. The zero-order chi connectivity index (χ0) is 11.7. The molecule has 0 radical (unpaired) electrons. The smallest absolute Gasteiger partial charge is 0.168 e. The Kier molecular flexibility index (Phi) is 3.01. The molecule has 0 aliphatic carbocycles. The lowest BCUT2D eigenvalue weighted by atomic mass is 10.2. The summed E-state index contributed by atoms with van der Waals surface area (Å²) in [7, 11) is 0. The molecule has 1 aromatic heterocycles. The second kappa shape index (κ2) is 4.30. The number of aromatic nitrogens is 1. The van der Waals surface area contributed by atoms with E-state index in [9.17, 15) is 4.79 Å². The quantitative estimate of drug-likeness (QED) is 0.743. The third-order valence-electron chi connectivity index (χ3n) is 2.61. The molecule has 0 spiro atoms. The van der Waals surface area contributed by atoms with Crippen molar-refractivity contribution in [2.24, 2.45) is 5.92 Å². The summed E-state index contributed by atoms with van der Waals surface area (Å²) in [5, 5.41) is 1.51. The van der Waals surface area contributed by atoms with Crippen LogP contribution in [0.2, 0.25) is 5.02 Å². The maximum Gasteiger partial charge on any atom is 0.168 e. The number of fused-ring (bicyclic) bond motifs is 1. The lowest BCUT2D eigenvalue weighted by molar-refractivity contribution is 0.111. The third-order valence-corrected chi connectivity index (χ3v) is 3.00. The summed E-state index contributed by atoms with van der Waals surface area (Å²) in [6, 6.07) is 7.84. The zero-order valence-corrected chi connectivity index (χ0v) is 10.2. The predicted molar refractivity (Wildman–Crippen MR) is 67.2 cm³/mol. The maximum atomic E-state index is 11.1. The van der Waals surface area contributed by atoms with Gasteiger partial charge in [0.15, 0.2) is 6.29 Å². The van der Waals surface area contributed by atoms with E-state index < -0.39 is 0 Å². The highest BCUT2D eigenvalue weighted by Gasteiger charge is 2.14. The molecule has 0 fully saturated rings. The molecule has 3 heteroatoms. The molecule has 1 aromatic carbocycles. The number of nitrogens with zero attached hydrogens (tertiary/aromatic N) is 1. The molecule has 2 nitrogen and oxygen atoms in total. The Hall–Kier alpha value is -1.28. The Morgan fingerprint density at radius 2 is 2.06 bits per heavy atom. The van der Waals surface area contributed by atoms with Gasteiger partial charge in [-0.3, -0.25) is 4.79 Å². The van der Waals surface area contributed by atoms with Crippen LogP contribution in [0.15, 0.2) is 24.3 Å². The fraction of sp³-hybridized carbons (Fsp3) is 0.308. The Balaban J connectivity index is 2.72. The van der Waals surface area contributed by atoms with Crippen LogP contribution in [0.3, 0.4) is 0 Å².